The van der Waals surface area contributed by atoms with Crippen molar-refractivity contribution < 1.29 is 56.6 Å². The van der Waals surface area contributed by atoms with E-state index < -0.39 is 115 Å². The van der Waals surface area contributed by atoms with Crippen LogP contribution in [0, 0.1) is 24.2 Å². The van der Waals surface area contributed by atoms with Crippen LogP contribution in [0.2, 0.25) is 0 Å². The van der Waals surface area contributed by atoms with Gasteiger partial charge in [0.1, 0.15) is 23.4 Å². The fraction of sp³-hybridized carbons (Fsp3) is 0.412. The predicted molar refractivity (Wildman–Crippen MR) is 275 cm³/mol. The Morgan fingerprint density at radius 2 is 1.53 bits per heavy atom. The van der Waals surface area contributed by atoms with Crippen LogP contribution < -0.4 is 25.2 Å². The van der Waals surface area contributed by atoms with Crippen molar-refractivity contribution in [3.63, 3.8) is 0 Å². The van der Waals surface area contributed by atoms with Crippen molar-refractivity contribution in [3.05, 3.63) is 94.6 Å². The summed E-state index contributed by atoms with van der Waals surface area (Å²) in [6, 6.07) is 16.0. The highest BCUT2D eigenvalue weighted by Crippen LogP contribution is 2.40. The molecule has 0 aliphatic carbocycles. The van der Waals surface area contributed by atoms with E-state index >= 15 is 0 Å². The number of aryl methyl sites for hydroxylation is 1. The first kappa shape index (κ1) is 56.8. The van der Waals surface area contributed by atoms with Gasteiger partial charge in [-0.25, -0.2) is 4.98 Å². The van der Waals surface area contributed by atoms with Crippen molar-refractivity contribution in [2.24, 2.45) is 5.92 Å². The number of nitriles is 1. The average Bonchev–Trinajstić information content (AvgIpc) is 4.03. The second-order valence-corrected chi connectivity index (χ2v) is 20.3. The lowest BCUT2D eigenvalue weighted by atomic mass is 10.0. The summed E-state index contributed by atoms with van der Waals surface area (Å²) < 4.78 is 46.9. The highest BCUT2D eigenvalue weighted by molar-refractivity contribution is 7.81. The molecule has 3 atom stereocenters. The van der Waals surface area contributed by atoms with Crippen LogP contribution in [-0.2, 0) is 46.3 Å². The Labute approximate surface area is 440 Å². The third-order valence-corrected chi connectivity index (χ3v) is 14.1. The maximum Gasteiger partial charge on any atom is 0.417 e. The van der Waals surface area contributed by atoms with E-state index in [0.717, 1.165) is 47.4 Å². The van der Waals surface area contributed by atoms with Crippen molar-refractivity contribution >= 4 is 81.4 Å². The molecule has 75 heavy (non-hydrogen) atoms. The number of aromatic nitrogens is 1. The second kappa shape index (κ2) is 23.4. The van der Waals surface area contributed by atoms with Gasteiger partial charge in [-0.2, -0.15) is 18.4 Å². The van der Waals surface area contributed by atoms with Gasteiger partial charge in [-0.05, 0) is 92.5 Å². The van der Waals surface area contributed by atoms with Crippen molar-refractivity contribution in [2.75, 3.05) is 63.7 Å². The van der Waals surface area contributed by atoms with E-state index in [0.29, 0.717) is 11.8 Å². The molecule has 2 saturated heterocycles. The van der Waals surface area contributed by atoms with Gasteiger partial charge in [0.25, 0.3) is 11.8 Å². The minimum Gasteiger partial charge on any atom is -0.484 e. The number of anilines is 2. The topological polar surface area (TPSA) is 229 Å². The van der Waals surface area contributed by atoms with Gasteiger partial charge in [-0.3, -0.25) is 38.5 Å². The lowest BCUT2D eigenvalue weighted by Gasteiger charge is -2.31. The van der Waals surface area contributed by atoms with Gasteiger partial charge in [0, 0.05) is 46.3 Å². The standard InChI is InChI=1S/C51H57F3N10O9S2/c1-29(2)44(47(71)62-23-36(65)20-39(62)46(70)56-22-31-9-11-32(12-10-31)45-30(3)57-28-75-45)58-40(66)24-59(6)41(67)25-60(7)42(68)26-61(8)43(69)27-73-37-17-15-34(16-18-37)64-49(74)63(48(72)50(64,4)5)35-14-13-33(21-55)38(19-35)51(52,53)54/h9-19,28-29,36,39,44,65H,20,22-27H2,1-8H3,(H,56,70)(H,58,66)/t36-,39+,44+/m1/s1. The highest BCUT2D eigenvalue weighted by atomic mass is 32.1. The van der Waals surface area contributed by atoms with E-state index in [4.69, 9.17) is 17.0 Å². The number of ether oxygens (including phenoxy) is 1. The van der Waals surface area contributed by atoms with Gasteiger partial charge < -0.3 is 45.0 Å². The van der Waals surface area contributed by atoms with E-state index in [9.17, 15) is 57.1 Å². The van der Waals surface area contributed by atoms with Crippen LogP contribution in [0.15, 0.2) is 72.2 Å². The number of nitrogens with one attached hydrogen (secondary N) is 2. The molecule has 0 radical (unpaired) electrons. The number of amides is 7. The third kappa shape index (κ3) is 13.1. The maximum absolute atomic E-state index is 13.9. The normalized spacial score (nSPS) is 16.6. The number of aliphatic hydroxyl groups is 1. The Bertz CT molecular complexity index is 2890. The Kier molecular flexibility index (Phi) is 17.7. The number of halogens is 3. The first-order valence-electron chi connectivity index (χ1n) is 23.5. The number of nitrogens with zero attached hydrogens (tertiary/aromatic N) is 8. The molecule has 1 aromatic heterocycles. The van der Waals surface area contributed by atoms with Gasteiger partial charge in [-0.1, -0.05) is 38.1 Å². The van der Waals surface area contributed by atoms with Crippen LogP contribution in [0.25, 0.3) is 10.4 Å². The van der Waals surface area contributed by atoms with Gasteiger partial charge in [-0.15, -0.1) is 11.3 Å². The molecule has 398 valence electrons. The molecule has 0 saturated carbocycles. The number of likely N-dealkylation sites (N-methyl/N-ethyl adjacent to an activating group) is 3. The molecule has 0 unspecified atom stereocenters. The lowest BCUT2D eigenvalue weighted by molar-refractivity contribution is -0.144. The van der Waals surface area contributed by atoms with Crippen LogP contribution in [0.3, 0.4) is 0 Å². The van der Waals surface area contributed by atoms with Gasteiger partial charge >= 0.3 is 6.18 Å². The summed E-state index contributed by atoms with van der Waals surface area (Å²) in [4.78, 5) is 106. The predicted octanol–water partition coefficient (Wildman–Crippen LogP) is 4.10. The number of hydrogen-bond acceptors (Lipinski definition) is 13. The molecular weight excluding hydrogens is 1020 g/mol. The van der Waals surface area contributed by atoms with E-state index in [-0.39, 0.29) is 36.1 Å². The largest absolute Gasteiger partial charge is 0.484 e. The Balaban J connectivity index is 0.951. The third-order valence-electron chi connectivity index (χ3n) is 12.8. The molecule has 0 bridgehead atoms. The van der Waals surface area contributed by atoms with Crippen LogP contribution in [-0.4, -0.2) is 154 Å². The Hall–Kier alpha value is -7.49. The van der Waals surface area contributed by atoms with Crippen molar-refractivity contribution in [3.8, 4) is 22.3 Å². The summed E-state index contributed by atoms with van der Waals surface area (Å²) in [5.74, 6) is -4.38. The summed E-state index contributed by atoms with van der Waals surface area (Å²) >= 11 is 7.12. The SMILES string of the molecule is Cc1ncsc1-c1ccc(CNC(=O)[C@@H]2C[C@@H](O)CN2C(=O)[C@@H](NC(=O)CN(C)C(=O)CN(C)C(=O)CN(C)C(=O)COc2ccc(N3C(=S)N(c4ccc(C#N)c(C(F)(F)F)c4)C(=O)C3(C)C)cc2)C(C)C)cc1. The molecule has 6 rings (SSSR count). The molecule has 2 aliphatic rings. The number of alkyl halides is 3. The molecule has 3 heterocycles. The maximum atomic E-state index is 13.9. The van der Waals surface area contributed by atoms with Crippen LogP contribution in [0.5, 0.6) is 5.75 Å². The van der Waals surface area contributed by atoms with Crippen LogP contribution in [0.1, 0.15) is 56.5 Å². The lowest BCUT2D eigenvalue weighted by Crippen LogP contribution is -2.56. The number of β-amino-alcohol motifs (C(OH)–C–C–N with tert-alkyl or cyclic N) is 1. The minimum absolute atomic E-state index is 0.00621. The Morgan fingerprint density at radius 3 is 2.11 bits per heavy atom. The Morgan fingerprint density at radius 1 is 0.933 bits per heavy atom. The molecule has 19 nitrogen and oxygen atoms in total. The molecule has 2 aliphatic heterocycles. The molecular formula is C51H57F3N10O9S2. The quantitative estimate of drug-likeness (QED) is 0.120. The molecule has 4 aromatic rings. The number of hydrogen-bond donors (Lipinski definition) is 3. The number of carbonyl (C=O) groups excluding carboxylic acids is 7. The van der Waals surface area contributed by atoms with Crippen molar-refractivity contribution in [1.29, 1.82) is 5.26 Å². The highest BCUT2D eigenvalue weighted by Gasteiger charge is 2.51. The number of rotatable bonds is 18. The molecule has 2 fully saturated rings. The summed E-state index contributed by atoms with van der Waals surface area (Å²) in [5, 5.41) is 25.2. The average molecular weight is 1080 g/mol. The molecule has 0 spiro atoms. The minimum atomic E-state index is -4.86. The number of thiazole rings is 1. The van der Waals surface area contributed by atoms with Crippen molar-refractivity contribution in [2.45, 2.75) is 77.5 Å². The van der Waals surface area contributed by atoms with E-state index in [1.165, 1.54) is 66.5 Å². The molecule has 3 aromatic carbocycles. The zero-order valence-corrected chi connectivity index (χ0v) is 44.1. The van der Waals surface area contributed by atoms with Gasteiger partial charge in [0.05, 0.1) is 64.7 Å². The number of likely N-dealkylation sites (tertiary alicyclic amines) is 1. The molecule has 24 heteroatoms. The van der Waals surface area contributed by atoms with Gasteiger partial charge in [0.2, 0.25) is 29.5 Å². The zero-order chi connectivity index (χ0) is 55.3. The summed E-state index contributed by atoms with van der Waals surface area (Å²) in [7, 11) is 4.05. The zero-order valence-electron chi connectivity index (χ0n) is 42.4. The van der Waals surface area contributed by atoms with Crippen LogP contribution in [0.4, 0.5) is 24.5 Å². The molecule has 3 N–H and O–H groups in total. The number of thiocarbonyl (C=S) groups is 1. The first-order valence-corrected chi connectivity index (χ1v) is 24.8. The summed E-state index contributed by atoms with van der Waals surface area (Å²) in [6.45, 7) is 6.63. The smallest absolute Gasteiger partial charge is 0.417 e. The first-order chi connectivity index (χ1) is 35.2. The van der Waals surface area contributed by atoms with Crippen LogP contribution >= 0.6 is 23.6 Å². The number of benzene rings is 3. The van der Waals surface area contributed by atoms with E-state index in [1.54, 1.807) is 45.3 Å². The van der Waals surface area contributed by atoms with Crippen molar-refractivity contribution in [1.82, 2.24) is 35.2 Å². The molecule has 7 amide bonds. The summed E-state index contributed by atoms with van der Waals surface area (Å²) in [5.41, 5.74) is 1.58. The monoisotopic (exact) mass is 1070 g/mol. The fourth-order valence-electron chi connectivity index (χ4n) is 8.41. The van der Waals surface area contributed by atoms with E-state index in [1.807, 2.05) is 31.2 Å². The fourth-order valence-corrected chi connectivity index (χ4v) is 9.74. The number of aliphatic hydroxyl groups excluding tert-OH is 1. The van der Waals surface area contributed by atoms with E-state index in [2.05, 4.69) is 15.6 Å². The second-order valence-electron chi connectivity index (χ2n) is 19.1. The summed E-state index contributed by atoms with van der Waals surface area (Å²) in [6.07, 6.45) is -5.82. The number of carbonyl (C=O) groups is 7. The van der Waals surface area contributed by atoms with Gasteiger partial charge in [0.15, 0.2) is 11.7 Å².